The van der Waals surface area contributed by atoms with Gasteiger partial charge in [-0.1, -0.05) is 11.8 Å². The first-order chi connectivity index (χ1) is 11.8. The fourth-order valence-corrected chi connectivity index (χ4v) is 2.70. The van der Waals surface area contributed by atoms with Gasteiger partial charge in [-0.05, 0) is 13.8 Å². The van der Waals surface area contributed by atoms with Gasteiger partial charge in [0.2, 0.25) is 11.8 Å². The van der Waals surface area contributed by atoms with Crippen molar-refractivity contribution in [3.05, 3.63) is 23.2 Å². The second-order valence-electron chi connectivity index (χ2n) is 4.88. The highest BCUT2D eigenvalue weighted by molar-refractivity contribution is 7.99. The summed E-state index contributed by atoms with van der Waals surface area (Å²) in [6, 6.07) is 0. The molecule has 0 aromatic carbocycles. The van der Waals surface area contributed by atoms with Crippen molar-refractivity contribution >= 4 is 35.4 Å². The monoisotopic (exact) mass is 367 g/mol. The van der Waals surface area contributed by atoms with E-state index < -0.39 is 17.8 Å². The molecule has 10 nitrogen and oxygen atoms in total. The van der Waals surface area contributed by atoms with E-state index in [9.17, 15) is 14.4 Å². The number of aryl methyl sites for hydroxylation is 2. The average Bonchev–Trinajstić information content (AvgIpc) is 3.08. The van der Waals surface area contributed by atoms with Gasteiger partial charge in [-0.25, -0.2) is 4.79 Å². The molecule has 0 unspecified atom stereocenters. The van der Waals surface area contributed by atoms with Gasteiger partial charge in [-0.15, -0.1) is 10.2 Å². The largest absolute Gasteiger partial charge is 0.462 e. The van der Waals surface area contributed by atoms with Crippen molar-refractivity contribution < 1.29 is 23.5 Å². The van der Waals surface area contributed by atoms with Crippen LogP contribution in [0.5, 0.6) is 0 Å². The minimum Gasteiger partial charge on any atom is -0.462 e. The van der Waals surface area contributed by atoms with Crippen LogP contribution in [-0.2, 0) is 16.6 Å². The van der Waals surface area contributed by atoms with E-state index >= 15 is 0 Å². The number of ether oxygens (including phenoxy) is 1. The summed E-state index contributed by atoms with van der Waals surface area (Å²) in [6.45, 7) is 3.23. The molecular weight excluding hydrogens is 350 g/mol. The van der Waals surface area contributed by atoms with Crippen LogP contribution in [0.25, 0.3) is 0 Å². The Bertz CT molecular complexity index is 813. The number of hydrogen-bond donors (Lipinski definition) is 2. The van der Waals surface area contributed by atoms with E-state index in [1.165, 1.54) is 13.3 Å². The van der Waals surface area contributed by atoms with E-state index in [1.807, 2.05) is 0 Å². The highest BCUT2D eigenvalue weighted by Crippen LogP contribution is 2.28. The number of carbonyl (C=O) groups excluding carboxylic acids is 3. The van der Waals surface area contributed by atoms with Crippen LogP contribution in [0.1, 0.15) is 33.4 Å². The van der Waals surface area contributed by atoms with Crippen LogP contribution in [0.2, 0.25) is 0 Å². The Balaban J connectivity index is 2.17. The molecule has 0 radical (unpaired) electrons. The molecule has 11 heteroatoms. The van der Waals surface area contributed by atoms with E-state index in [0.29, 0.717) is 5.16 Å². The number of esters is 1. The van der Waals surface area contributed by atoms with Gasteiger partial charge in [-0.2, -0.15) is 0 Å². The van der Waals surface area contributed by atoms with E-state index in [0.717, 1.165) is 11.8 Å². The standard InChI is InChI=1S/C14H17N5O5S/c1-4-23-13(22)9-7(2)24-12(10(9)11(15)21)17-8(20)5-25-14-18-16-6-19(14)3/h6H,4-5H2,1-3H3,(H2,15,21)(H,17,20). The molecule has 2 amide bonds. The van der Waals surface area contributed by atoms with Crippen molar-refractivity contribution in [2.24, 2.45) is 12.8 Å². The Morgan fingerprint density at radius 1 is 1.40 bits per heavy atom. The first-order valence-corrected chi connectivity index (χ1v) is 8.20. The quantitative estimate of drug-likeness (QED) is 0.538. The van der Waals surface area contributed by atoms with Crippen LogP contribution in [0.3, 0.4) is 0 Å². The van der Waals surface area contributed by atoms with Gasteiger partial charge >= 0.3 is 5.97 Å². The van der Waals surface area contributed by atoms with Gasteiger partial charge in [0.25, 0.3) is 5.91 Å². The number of carbonyl (C=O) groups is 3. The second kappa shape index (κ2) is 7.83. The third-order valence-electron chi connectivity index (χ3n) is 3.07. The van der Waals surface area contributed by atoms with Crippen molar-refractivity contribution in [1.29, 1.82) is 0 Å². The van der Waals surface area contributed by atoms with Crippen molar-refractivity contribution in [2.75, 3.05) is 17.7 Å². The summed E-state index contributed by atoms with van der Waals surface area (Å²) in [6.07, 6.45) is 1.51. The number of aromatic nitrogens is 3. The molecule has 0 spiro atoms. The molecule has 0 aliphatic rings. The summed E-state index contributed by atoms with van der Waals surface area (Å²) < 4.78 is 11.9. The minimum atomic E-state index is -0.906. The Morgan fingerprint density at radius 2 is 2.12 bits per heavy atom. The zero-order valence-electron chi connectivity index (χ0n) is 13.9. The maximum Gasteiger partial charge on any atom is 0.342 e. The zero-order valence-corrected chi connectivity index (χ0v) is 14.7. The van der Waals surface area contributed by atoms with Gasteiger partial charge in [0.05, 0.1) is 12.4 Å². The Kier molecular flexibility index (Phi) is 5.80. The number of primary amides is 1. The molecule has 0 aliphatic heterocycles. The number of furan rings is 1. The maximum atomic E-state index is 12.1. The predicted molar refractivity (Wildman–Crippen MR) is 88.3 cm³/mol. The van der Waals surface area contributed by atoms with Gasteiger partial charge in [0.1, 0.15) is 23.2 Å². The van der Waals surface area contributed by atoms with Gasteiger partial charge in [-0.3, -0.25) is 14.9 Å². The van der Waals surface area contributed by atoms with Crippen LogP contribution in [0.15, 0.2) is 15.9 Å². The van der Waals surface area contributed by atoms with Crippen molar-refractivity contribution in [2.45, 2.75) is 19.0 Å². The Morgan fingerprint density at radius 3 is 2.68 bits per heavy atom. The molecular formula is C14H17N5O5S. The van der Waals surface area contributed by atoms with Crippen molar-refractivity contribution in [3.8, 4) is 0 Å². The number of thioether (sulfide) groups is 1. The molecule has 134 valence electrons. The summed E-state index contributed by atoms with van der Waals surface area (Å²) >= 11 is 1.15. The smallest absolute Gasteiger partial charge is 0.342 e. The highest BCUT2D eigenvalue weighted by atomic mass is 32.2. The lowest BCUT2D eigenvalue weighted by atomic mass is 10.1. The number of nitrogens with two attached hydrogens (primary N) is 1. The molecule has 0 saturated heterocycles. The van der Waals surface area contributed by atoms with Gasteiger partial charge < -0.3 is 19.5 Å². The maximum absolute atomic E-state index is 12.1. The zero-order chi connectivity index (χ0) is 18.6. The SMILES string of the molecule is CCOC(=O)c1c(C)oc(NC(=O)CSc2nncn2C)c1C(N)=O. The van der Waals surface area contributed by atoms with Crippen LogP contribution in [0.4, 0.5) is 5.88 Å². The number of nitrogens with one attached hydrogen (secondary N) is 1. The number of rotatable bonds is 7. The first-order valence-electron chi connectivity index (χ1n) is 7.22. The molecule has 0 aliphatic carbocycles. The molecule has 2 aromatic heterocycles. The van der Waals surface area contributed by atoms with E-state index in [2.05, 4.69) is 15.5 Å². The Labute approximate surface area is 147 Å². The highest BCUT2D eigenvalue weighted by Gasteiger charge is 2.29. The fraction of sp³-hybridized carbons (Fsp3) is 0.357. The number of nitrogens with zero attached hydrogens (tertiary/aromatic N) is 3. The molecule has 2 rings (SSSR count). The third kappa shape index (κ3) is 4.18. The molecule has 0 bridgehead atoms. The topological polar surface area (TPSA) is 142 Å². The molecule has 0 saturated carbocycles. The van der Waals surface area contributed by atoms with Crippen LogP contribution in [0, 0.1) is 6.92 Å². The first kappa shape index (κ1) is 18.5. The fourth-order valence-electron chi connectivity index (χ4n) is 2.01. The average molecular weight is 367 g/mol. The van der Waals surface area contributed by atoms with E-state index in [-0.39, 0.29) is 35.1 Å². The molecule has 2 heterocycles. The normalized spacial score (nSPS) is 10.5. The number of amides is 2. The van der Waals surface area contributed by atoms with Crippen molar-refractivity contribution in [3.63, 3.8) is 0 Å². The number of anilines is 1. The van der Waals surface area contributed by atoms with Crippen LogP contribution in [-0.4, -0.2) is 44.9 Å². The second-order valence-corrected chi connectivity index (χ2v) is 5.83. The lowest BCUT2D eigenvalue weighted by Crippen LogP contribution is -2.21. The molecule has 2 aromatic rings. The van der Waals surface area contributed by atoms with Gasteiger partial charge in [0, 0.05) is 7.05 Å². The molecule has 25 heavy (non-hydrogen) atoms. The number of hydrogen-bond acceptors (Lipinski definition) is 8. The molecule has 0 atom stereocenters. The van der Waals surface area contributed by atoms with Crippen LogP contribution >= 0.6 is 11.8 Å². The summed E-state index contributed by atoms with van der Waals surface area (Å²) in [7, 11) is 1.74. The lowest BCUT2D eigenvalue weighted by Gasteiger charge is -2.04. The minimum absolute atomic E-state index is 0.000771. The summed E-state index contributed by atoms with van der Waals surface area (Å²) in [5, 5.41) is 10.5. The molecule has 0 fully saturated rings. The molecule has 3 N–H and O–H groups in total. The summed E-state index contributed by atoms with van der Waals surface area (Å²) in [5.74, 6) is -2.17. The summed E-state index contributed by atoms with van der Waals surface area (Å²) in [4.78, 5) is 35.8. The third-order valence-corrected chi connectivity index (χ3v) is 4.10. The Hall–Kier alpha value is -2.82. The summed E-state index contributed by atoms with van der Waals surface area (Å²) in [5.41, 5.74) is 5.02. The van der Waals surface area contributed by atoms with E-state index in [1.54, 1.807) is 18.5 Å². The van der Waals surface area contributed by atoms with Crippen molar-refractivity contribution in [1.82, 2.24) is 14.8 Å². The van der Waals surface area contributed by atoms with Gasteiger partial charge in [0.15, 0.2) is 5.16 Å². The van der Waals surface area contributed by atoms with Crippen LogP contribution < -0.4 is 11.1 Å². The lowest BCUT2D eigenvalue weighted by molar-refractivity contribution is -0.113. The van der Waals surface area contributed by atoms with E-state index in [4.69, 9.17) is 14.9 Å². The predicted octanol–water partition coefficient (Wildman–Crippen LogP) is 0.723.